The van der Waals surface area contributed by atoms with E-state index in [-0.39, 0.29) is 5.69 Å². The van der Waals surface area contributed by atoms with Crippen molar-refractivity contribution < 1.29 is 0 Å². The van der Waals surface area contributed by atoms with Crippen molar-refractivity contribution in [1.29, 1.82) is 0 Å². The Morgan fingerprint density at radius 2 is 1.85 bits per heavy atom. The van der Waals surface area contributed by atoms with E-state index < -0.39 is 0 Å². The van der Waals surface area contributed by atoms with E-state index in [0.717, 1.165) is 55.6 Å². The number of fused-ring (bicyclic) bond motifs is 2. The number of benzene rings is 1. The normalized spacial score (nSPS) is 14.0. The first-order valence-electron chi connectivity index (χ1n) is 13.2. The third-order valence-corrected chi connectivity index (χ3v) is 7.73. The van der Waals surface area contributed by atoms with Crippen LogP contribution in [-0.4, -0.2) is 26.6 Å². The Morgan fingerprint density at radius 3 is 2.71 bits per heavy atom. The minimum atomic E-state index is 0.0869. The number of rotatable bonds is 12. The van der Waals surface area contributed by atoms with Crippen LogP contribution in [0.5, 0.6) is 0 Å². The molecule has 0 fully saturated rings. The largest absolute Gasteiger partial charge is 0.384 e. The van der Waals surface area contributed by atoms with E-state index in [1.54, 1.807) is 4.57 Å². The van der Waals surface area contributed by atoms with Crippen molar-refractivity contribution >= 4 is 28.1 Å². The fourth-order valence-corrected chi connectivity index (χ4v) is 5.96. The third-order valence-electron chi connectivity index (χ3n) is 6.66. The Kier molecular flexibility index (Phi) is 8.97. The van der Waals surface area contributed by atoms with E-state index in [1.165, 1.54) is 72.4 Å². The molecule has 0 amide bonds. The average molecular weight is 482 g/mol. The van der Waals surface area contributed by atoms with Crippen LogP contribution in [-0.2, 0) is 25.9 Å². The van der Waals surface area contributed by atoms with E-state index in [0.29, 0.717) is 6.54 Å². The number of nitrogens with zero attached hydrogens (tertiary/aromatic N) is 4. The number of hydrogen-bond donors (Lipinski definition) is 1. The second-order valence-electron chi connectivity index (χ2n) is 9.22. The maximum Gasteiger partial charge on any atom is 0.339 e. The number of nitrogens with one attached hydrogen (secondary N) is 1. The second-order valence-corrected chi connectivity index (χ2v) is 10.2. The van der Waals surface area contributed by atoms with Crippen molar-refractivity contribution in [2.45, 2.75) is 91.1 Å². The van der Waals surface area contributed by atoms with Crippen molar-refractivity contribution in [2.24, 2.45) is 4.99 Å². The zero-order chi connectivity index (χ0) is 23.8. The quantitative estimate of drug-likeness (QED) is 0.346. The third kappa shape index (κ3) is 5.80. The fraction of sp³-hybridized carbons (Fsp3) is 0.593. The number of unbranched alkanes of at least 4 members (excludes halogenated alkanes) is 4. The maximum atomic E-state index is 12.4. The molecule has 2 heterocycles. The lowest BCUT2D eigenvalue weighted by molar-refractivity contribution is 0.609. The van der Waals surface area contributed by atoms with Crippen LogP contribution in [0.15, 0.2) is 34.1 Å². The van der Waals surface area contributed by atoms with Crippen LogP contribution in [0.25, 0.3) is 10.9 Å². The molecule has 1 N–H and O–H groups in total. The van der Waals surface area contributed by atoms with Gasteiger partial charge in [-0.05, 0) is 75.0 Å². The lowest BCUT2D eigenvalue weighted by Crippen LogP contribution is -2.28. The number of aromatic nitrogens is 3. The van der Waals surface area contributed by atoms with Crippen molar-refractivity contribution in [2.75, 3.05) is 18.4 Å². The highest BCUT2D eigenvalue weighted by Gasteiger charge is 2.17. The number of pyridine rings is 1. The van der Waals surface area contributed by atoms with Gasteiger partial charge >= 0.3 is 5.69 Å². The van der Waals surface area contributed by atoms with Gasteiger partial charge in [0.2, 0.25) is 4.80 Å². The predicted molar refractivity (Wildman–Crippen MR) is 143 cm³/mol. The molecule has 0 saturated carbocycles. The lowest BCUT2D eigenvalue weighted by atomic mass is 9.92. The lowest BCUT2D eigenvalue weighted by Gasteiger charge is -2.21. The van der Waals surface area contributed by atoms with Gasteiger partial charge in [-0.3, -0.25) is 14.5 Å². The molecule has 34 heavy (non-hydrogen) atoms. The van der Waals surface area contributed by atoms with Gasteiger partial charge in [-0.15, -0.1) is 0 Å². The first-order valence-corrected chi connectivity index (χ1v) is 14.0. The molecule has 3 aromatic rings. The molecule has 1 aliphatic rings. The molecule has 0 atom stereocenters. The molecule has 0 bridgehead atoms. The first-order chi connectivity index (χ1) is 16.7. The van der Waals surface area contributed by atoms with E-state index in [1.807, 2.05) is 10.9 Å². The monoisotopic (exact) mass is 481 g/mol. The Balaban J connectivity index is 1.22. The minimum Gasteiger partial charge on any atom is -0.384 e. The summed E-state index contributed by atoms with van der Waals surface area (Å²) in [4.78, 5) is 22.9. The molecule has 6 nitrogen and oxygen atoms in total. The van der Waals surface area contributed by atoms with E-state index in [9.17, 15) is 4.79 Å². The molecule has 0 radical (unpaired) electrons. The highest BCUT2D eigenvalue weighted by Crippen LogP contribution is 2.33. The molecule has 0 unspecified atom stereocenters. The van der Waals surface area contributed by atoms with Gasteiger partial charge in [0, 0.05) is 42.9 Å². The average Bonchev–Trinajstić information content (AvgIpc) is 3.16. The summed E-state index contributed by atoms with van der Waals surface area (Å²) in [6, 6.07) is 8.55. The van der Waals surface area contributed by atoms with Crippen LogP contribution in [0.3, 0.4) is 0 Å². The summed E-state index contributed by atoms with van der Waals surface area (Å²) >= 11 is 1.51. The van der Waals surface area contributed by atoms with Crippen LogP contribution < -0.4 is 15.8 Å². The zero-order valence-corrected chi connectivity index (χ0v) is 21.6. The summed E-state index contributed by atoms with van der Waals surface area (Å²) in [7, 11) is 0. The topological polar surface area (TPSA) is 64.2 Å². The minimum absolute atomic E-state index is 0.0869. The summed E-state index contributed by atoms with van der Waals surface area (Å²) in [5, 5.41) is 5.05. The molecule has 4 rings (SSSR count). The molecular weight excluding hydrogens is 442 g/mol. The summed E-state index contributed by atoms with van der Waals surface area (Å²) in [5.74, 6) is 0. The van der Waals surface area contributed by atoms with Crippen molar-refractivity contribution in [3.05, 3.63) is 50.8 Å². The van der Waals surface area contributed by atoms with Crippen molar-refractivity contribution in [3.8, 4) is 0 Å². The second kappa shape index (κ2) is 12.3. The van der Waals surface area contributed by atoms with Gasteiger partial charge in [0.15, 0.2) is 0 Å². The summed E-state index contributed by atoms with van der Waals surface area (Å²) in [6.07, 6.45) is 11.7. The van der Waals surface area contributed by atoms with Crippen LogP contribution in [0.2, 0.25) is 0 Å². The molecule has 7 heteroatoms. The van der Waals surface area contributed by atoms with Crippen molar-refractivity contribution in [1.82, 2.24) is 13.5 Å². The smallest absolute Gasteiger partial charge is 0.339 e. The van der Waals surface area contributed by atoms with Gasteiger partial charge in [-0.2, -0.15) is 0 Å². The summed E-state index contributed by atoms with van der Waals surface area (Å²) in [5.41, 5.74) is 5.29. The zero-order valence-electron chi connectivity index (χ0n) is 20.8. The van der Waals surface area contributed by atoms with Crippen molar-refractivity contribution in [3.63, 3.8) is 0 Å². The molecule has 1 aromatic carbocycles. The van der Waals surface area contributed by atoms with Crippen LogP contribution in [0, 0.1) is 0 Å². The van der Waals surface area contributed by atoms with E-state index >= 15 is 0 Å². The highest BCUT2D eigenvalue weighted by molar-refractivity contribution is 7.03. The number of anilines is 1. The Bertz CT molecular complexity index is 1210. The fourth-order valence-electron chi connectivity index (χ4n) is 4.86. The van der Waals surface area contributed by atoms with Gasteiger partial charge in [0.05, 0.1) is 5.52 Å². The standard InChI is InChI=1S/C27H39N5OS/c1-3-20-32-27(33)31(4-2)26(34-32)29-19-13-7-5-6-12-18-28-25-21-14-8-10-16-23(21)30-24-17-11-9-15-22(24)25/h8,10,14,16H,3-7,9,11-13,15,17-20H2,1-2H3,(H,28,30)/b29-26+. The van der Waals surface area contributed by atoms with Crippen LogP contribution in [0.4, 0.5) is 5.69 Å². The number of aryl methyl sites for hydroxylation is 2. The van der Waals surface area contributed by atoms with E-state index in [2.05, 4.69) is 36.5 Å². The van der Waals surface area contributed by atoms with Gasteiger partial charge in [0.1, 0.15) is 0 Å². The first kappa shape index (κ1) is 24.7. The van der Waals surface area contributed by atoms with E-state index in [4.69, 9.17) is 9.98 Å². The highest BCUT2D eigenvalue weighted by atomic mass is 32.1. The van der Waals surface area contributed by atoms with Gasteiger partial charge in [-0.25, -0.2) is 8.75 Å². The van der Waals surface area contributed by atoms with Gasteiger partial charge < -0.3 is 5.32 Å². The summed E-state index contributed by atoms with van der Waals surface area (Å²) < 4.78 is 3.63. The Labute approximate surface area is 206 Å². The van der Waals surface area contributed by atoms with Crippen LogP contribution in [0.1, 0.15) is 76.5 Å². The Morgan fingerprint density at radius 1 is 1.06 bits per heavy atom. The molecule has 0 spiro atoms. The number of para-hydroxylation sites is 1. The molecule has 0 saturated heterocycles. The Hall–Kier alpha value is -2.41. The predicted octanol–water partition coefficient (Wildman–Crippen LogP) is 5.53. The summed E-state index contributed by atoms with van der Waals surface area (Å²) in [6.45, 7) is 7.41. The molecule has 1 aliphatic carbocycles. The van der Waals surface area contributed by atoms with Crippen LogP contribution >= 0.6 is 11.5 Å². The molecular formula is C27H39N5OS. The number of hydrogen-bond acceptors (Lipinski definition) is 5. The molecule has 184 valence electrons. The SMILES string of the molecule is CCCn1s/c(=N/CCCCCCCNc2c3c(nc4ccccc24)CCCC3)n(CC)c1=O. The molecule has 2 aromatic heterocycles. The molecule has 0 aliphatic heterocycles. The maximum absolute atomic E-state index is 12.4. The van der Waals surface area contributed by atoms with Gasteiger partial charge in [-0.1, -0.05) is 44.4 Å². The van der Waals surface area contributed by atoms with Gasteiger partial charge in [0.25, 0.3) is 0 Å².